The molecule has 0 atom stereocenters. The monoisotopic (exact) mass is 939 g/mol. The number of nitrogens with zero attached hydrogens (tertiary/aromatic N) is 3. The molecule has 0 bridgehead atoms. The van der Waals surface area contributed by atoms with E-state index in [1.807, 2.05) is 99.1 Å². The Balaban J connectivity index is 1.30. The number of phenols is 1. The van der Waals surface area contributed by atoms with Crippen molar-refractivity contribution in [2.45, 2.75) is 125 Å². The molecule has 0 aliphatic carbocycles. The Kier molecular flexibility index (Phi) is 11.2. The van der Waals surface area contributed by atoms with Crippen LogP contribution in [0.25, 0.3) is 83.9 Å². The van der Waals surface area contributed by atoms with Crippen LogP contribution in [0.2, 0.25) is 0 Å². The summed E-state index contributed by atoms with van der Waals surface area (Å²) < 4.78 is 47.4. The molecule has 360 valence electrons. The van der Waals surface area contributed by atoms with Gasteiger partial charge in [-0.15, -0.1) is 0 Å². The van der Waals surface area contributed by atoms with Gasteiger partial charge in [0.1, 0.15) is 11.6 Å². The summed E-state index contributed by atoms with van der Waals surface area (Å²) in [7, 11) is 0. The van der Waals surface area contributed by atoms with E-state index >= 15 is 0 Å². The molecule has 4 heteroatoms. The number of hydrogen-bond acceptors (Lipinski definition) is 3. The van der Waals surface area contributed by atoms with Crippen molar-refractivity contribution >= 4 is 11.0 Å². The average Bonchev–Trinajstić information content (AvgIpc) is 3.79. The molecule has 9 rings (SSSR count). The zero-order chi connectivity index (χ0) is 55.1. The Labute approximate surface area is 430 Å². The lowest BCUT2D eigenvalue weighted by Gasteiger charge is -2.27. The number of rotatable bonds is 9. The van der Waals surface area contributed by atoms with Crippen molar-refractivity contribution in [3.05, 3.63) is 191 Å². The number of hydrogen-bond donors (Lipinski definition) is 1. The van der Waals surface area contributed by atoms with Gasteiger partial charge in [0.2, 0.25) is 0 Å². The minimum absolute atomic E-state index is 0.0868. The first-order valence-electron chi connectivity index (χ1n) is 27.4. The average molecular weight is 939 g/mol. The van der Waals surface area contributed by atoms with Crippen molar-refractivity contribution in [2.75, 3.05) is 0 Å². The topological polar surface area (TPSA) is 50.9 Å². The number of phenolic OH excluding ortho intramolecular Hbond substituents is 1. The van der Waals surface area contributed by atoms with Gasteiger partial charge in [-0.1, -0.05) is 193 Å². The number of fused-ring (bicyclic) bond motifs is 1. The molecule has 0 radical (unpaired) electrons. The van der Waals surface area contributed by atoms with Crippen LogP contribution in [-0.4, -0.2) is 19.6 Å². The molecule has 9 aromatic rings. The van der Waals surface area contributed by atoms with E-state index in [9.17, 15) is 9.22 Å². The zero-order valence-electron chi connectivity index (χ0n) is 48.8. The lowest BCUT2D eigenvalue weighted by molar-refractivity contribution is 0.446. The number of aryl methyl sites for hydroxylation is 1. The largest absolute Gasteiger partial charge is 0.507 e. The molecule has 0 unspecified atom stereocenters. The quantitative estimate of drug-likeness (QED) is 0.157. The van der Waals surface area contributed by atoms with E-state index in [1.165, 1.54) is 5.56 Å². The van der Waals surface area contributed by atoms with Crippen LogP contribution in [0.3, 0.4) is 0 Å². The Bertz CT molecular complexity index is 3610. The number of benzene rings is 7. The summed E-state index contributed by atoms with van der Waals surface area (Å²) in [5.74, 6) is -1.44. The van der Waals surface area contributed by atoms with Crippen LogP contribution in [0.1, 0.15) is 142 Å². The number of pyridine rings is 1. The van der Waals surface area contributed by atoms with Gasteiger partial charge in [0.25, 0.3) is 0 Å². The molecular formula is C67H71N3O. The zero-order valence-corrected chi connectivity index (χ0v) is 43.8. The number of imidazole rings is 1. The summed E-state index contributed by atoms with van der Waals surface area (Å²) in [5.41, 5.74) is 15.0. The van der Waals surface area contributed by atoms with E-state index in [4.69, 9.17) is 12.7 Å². The van der Waals surface area contributed by atoms with Gasteiger partial charge < -0.3 is 5.11 Å². The van der Waals surface area contributed by atoms with Gasteiger partial charge in [0.15, 0.2) is 0 Å². The molecule has 0 spiro atoms. The highest BCUT2D eigenvalue weighted by Crippen LogP contribution is 2.46. The molecule has 7 aromatic carbocycles. The molecule has 0 fully saturated rings. The summed E-state index contributed by atoms with van der Waals surface area (Å²) >= 11 is 0. The molecule has 0 aliphatic rings. The summed E-state index contributed by atoms with van der Waals surface area (Å²) in [6.07, 6.45) is 1.87. The highest BCUT2D eigenvalue weighted by Gasteiger charge is 2.29. The van der Waals surface area contributed by atoms with E-state index < -0.39 is 24.1 Å². The minimum Gasteiger partial charge on any atom is -0.507 e. The first kappa shape index (κ1) is 42.8. The van der Waals surface area contributed by atoms with Crippen molar-refractivity contribution in [1.82, 2.24) is 14.5 Å². The van der Waals surface area contributed by atoms with Crippen LogP contribution in [0.4, 0.5) is 0 Å². The lowest BCUT2D eigenvalue weighted by atomic mass is 9.79. The van der Waals surface area contributed by atoms with Gasteiger partial charge in [-0.05, 0) is 150 Å². The Hall–Kier alpha value is -7.04. The maximum Gasteiger partial charge on any atom is 0.149 e. The molecular weight excluding hydrogens is 863 g/mol. The van der Waals surface area contributed by atoms with Gasteiger partial charge in [-0.25, -0.2) is 4.98 Å². The third-order valence-electron chi connectivity index (χ3n) is 13.9. The van der Waals surface area contributed by atoms with Crippen molar-refractivity contribution in [2.24, 2.45) is 0 Å². The normalized spacial score (nSPS) is 13.9. The predicted octanol–water partition coefficient (Wildman–Crippen LogP) is 18.6. The van der Waals surface area contributed by atoms with Crippen LogP contribution in [0.15, 0.2) is 158 Å². The Morgan fingerprint density at radius 2 is 1.10 bits per heavy atom. The third kappa shape index (κ3) is 9.87. The number of aromatic hydroxyl groups is 1. The van der Waals surface area contributed by atoms with E-state index in [0.717, 1.165) is 72.5 Å². The summed E-state index contributed by atoms with van der Waals surface area (Å²) in [4.78, 5) is 10.5. The van der Waals surface area contributed by atoms with Crippen molar-refractivity contribution in [1.29, 1.82) is 0 Å². The standard InChI is InChI=1S/C67H71N3O/c1-41(2)49-32-50(42(3)4)34-51(33-49)47-27-28-60(43(5)31-47)70-61-22-18-21-56(62(61)69-64(70)57-39-55(66(9,10)11)40-58(63(57)71)67(12,13)14)52-35-53(37-54(36-52)65(6,7)8)59-38-48(29-30-68-59)46-25-23-45(24-26-46)44-19-16-15-17-20-44/h15-42,71H,1-14H3/i5D3,41D,42D. The fraction of sp³-hybridized carbons (Fsp3) is 0.284. The van der Waals surface area contributed by atoms with Gasteiger partial charge >= 0.3 is 0 Å². The Morgan fingerprint density at radius 3 is 1.72 bits per heavy atom. The lowest BCUT2D eigenvalue weighted by Crippen LogP contribution is -2.17. The molecule has 0 amide bonds. The van der Waals surface area contributed by atoms with Gasteiger partial charge in [-0.2, -0.15) is 0 Å². The predicted molar refractivity (Wildman–Crippen MR) is 302 cm³/mol. The Morgan fingerprint density at radius 1 is 0.507 bits per heavy atom. The van der Waals surface area contributed by atoms with Crippen molar-refractivity contribution in [3.63, 3.8) is 0 Å². The maximum absolute atomic E-state index is 12.6. The summed E-state index contributed by atoms with van der Waals surface area (Å²) in [6, 6.07) is 51.2. The fourth-order valence-electron chi connectivity index (χ4n) is 9.47. The van der Waals surface area contributed by atoms with Gasteiger partial charge in [0, 0.05) is 29.7 Å². The molecule has 0 saturated carbocycles. The van der Waals surface area contributed by atoms with Crippen LogP contribution in [0.5, 0.6) is 5.75 Å². The highest BCUT2D eigenvalue weighted by atomic mass is 16.3. The van der Waals surface area contributed by atoms with E-state index in [1.54, 1.807) is 6.07 Å². The molecule has 2 aromatic heterocycles. The van der Waals surface area contributed by atoms with E-state index in [2.05, 4.69) is 147 Å². The molecule has 2 heterocycles. The second kappa shape index (κ2) is 18.6. The van der Waals surface area contributed by atoms with Crippen molar-refractivity contribution < 1.29 is 12.0 Å². The second-order valence-corrected chi connectivity index (χ2v) is 22.8. The van der Waals surface area contributed by atoms with Crippen LogP contribution >= 0.6 is 0 Å². The van der Waals surface area contributed by atoms with Gasteiger partial charge in [0.05, 0.1) is 28.0 Å². The van der Waals surface area contributed by atoms with Crippen LogP contribution in [0, 0.1) is 6.85 Å². The fourth-order valence-corrected chi connectivity index (χ4v) is 9.47. The first-order chi connectivity index (χ1) is 35.4. The SMILES string of the molecule is [2H]C([2H])([2H])c1cc(-c2cc(C([2H])(C)C)cc(C([2H])(C)C)c2)ccc1-n1c(-c2cc(C(C)(C)C)cc(C(C)(C)C)c2O)nc2c(-c3cc(-c4cc(-c5ccc(-c6ccccc6)cc5)ccn4)cc(C(C)(C)C)c3)cccc21. The second-order valence-electron chi connectivity index (χ2n) is 22.8. The molecule has 71 heavy (non-hydrogen) atoms. The smallest absolute Gasteiger partial charge is 0.149 e. The number of aromatic nitrogens is 3. The highest BCUT2D eigenvalue weighted by molar-refractivity contribution is 5.97. The van der Waals surface area contributed by atoms with E-state index in [-0.39, 0.29) is 22.1 Å². The summed E-state index contributed by atoms with van der Waals surface area (Å²) in [5, 5.41) is 12.6. The summed E-state index contributed by atoms with van der Waals surface area (Å²) in [6.45, 7) is 24.0. The molecule has 0 aliphatic heterocycles. The third-order valence-corrected chi connectivity index (χ3v) is 13.9. The van der Waals surface area contributed by atoms with Gasteiger partial charge in [-0.3, -0.25) is 9.55 Å². The van der Waals surface area contributed by atoms with Crippen LogP contribution in [-0.2, 0) is 16.2 Å². The van der Waals surface area contributed by atoms with Crippen molar-refractivity contribution in [3.8, 4) is 78.6 Å². The first-order valence-corrected chi connectivity index (χ1v) is 24.9. The van der Waals surface area contributed by atoms with Crippen LogP contribution < -0.4 is 0 Å². The maximum atomic E-state index is 12.6. The molecule has 0 saturated heterocycles. The minimum atomic E-state index is -2.60. The van der Waals surface area contributed by atoms with E-state index in [0.29, 0.717) is 33.7 Å². The molecule has 4 nitrogen and oxygen atoms in total. The molecule has 1 N–H and O–H groups in total. The number of para-hydroxylation sites is 1.